The Morgan fingerprint density at radius 3 is 1.62 bits per heavy atom. The highest BCUT2D eigenvalue weighted by Gasteiger charge is 2.19. The Bertz CT molecular complexity index is 265. The van der Waals surface area contributed by atoms with E-state index in [0.29, 0.717) is 13.2 Å². The van der Waals surface area contributed by atoms with Gasteiger partial charge in [-0.2, -0.15) is 0 Å². The highest BCUT2D eigenvalue weighted by atomic mass is 16.7. The van der Waals surface area contributed by atoms with Crippen molar-refractivity contribution in [2.75, 3.05) is 59.5 Å². The zero-order valence-electron chi connectivity index (χ0n) is 15.4. The maximum absolute atomic E-state index is 9.03. The molecule has 0 bridgehead atoms. The Balaban J connectivity index is 0. The second kappa shape index (κ2) is 15.0. The van der Waals surface area contributed by atoms with Crippen LogP contribution in [0.5, 0.6) is 0 Å². The third-order valence-electron chi connectivity index (χ3n) is 2.86. The molecule has 0 saturated carbocycles. The largest absolute Gasteiger partial charge is 0.396 e. The molecule has 0 aliphatic carbocycles. The molecule has 0 spiro atoms. The SMILES string of the molecule is CC(C)(CO)CO.CC(C)(CO)COC(CO)OCCOCCO. The van der Waals surface area contributed by atoms with Crippen LogP contribution in [0.25, 0.3) is 0 Å². The minimum absolute atomic E-state index is 0.00472. The molecule has 0 rings (SSSR count). The fourth-order valence-corrected chi connectivity index (χ4v) is 0.973. The summed E-state index contributed by atoms with van der Waals surface area (Å²) >= 11 is 0. The highest BCUT2D eigenvalue weighted by molar-refractivity contribution is 4.65. The second-order valence-corrected chi connectivity index (χ2v) is 6.93. The van der Waals surface area contributed by atoms with Crippen LogP contribution in [-0.2, 0) is 14.2 Å². The predicted octanol–water partition coefficient (Wildman–Crippen LogP) is -0.637. The normalized spacial score (nSPS) is 13.4. The van der Waals surface area contributed by atoms with Crippen molar-refractivity contribution < 1.29 is 39.7 Å². The molecule has 24 heavy (non-hydrogen) atoms. The molecule has 5 N–H and O–H groups in total. The van der Waals surface area contributed by atoms with E-state index in [1.807, 2.05) is 13.8 Å². The third kappa shape index (κ3) is 16.5. The lowest BCUT2D eigenvalue weighted by molar-refractivity contribution is -0.184. The molecule has 148 valence electrons. The van der Waals surface area contributed by atoms with Gasteiger partial charge >= 0.3 is 0 Å². The number of rotatable bonds is 13. The molecule has 8 nitrogen and oxygen atoms in total. The Hall–Kier alpha value is -0.320. The van der Waals surface area contributed by atoms with Gasteiger partial charge in [-0.3, -0.25) is 0 Å². The molecule has 0 aromatic carbocycles. The summed E-state index contributed by atoms with van der Waals surface area (Å²) in [4.78, 5) is 0. The van der Waals surface area contributed by atoms with Crippen LogP contribution in [0.1, 0.15) is 27.7 Å². The van der Waals surface area contributed by atoms with Gasteiger partial charge in [0.15, 0.2) is 6.29 Å². The smallest absolute Gasteiger partial charge is 0.180 e. The highest BCUT2D eigenvalue weighted by Crippen LogP contribution is 2.15. The van der Waals surface area contributed by atoms with Gasteiger partial charge in [-0.1, -0.05) is 27.7 Å². The monoisotopic (exact) mass is 356 g/mol. The first-order valence-corrected chi connectivity index (χ1v) is 8.03. The molecule has 0 aliphatic heterocycles. The number of aliphatic hydroxyl groups excluding tert-OH is 5. The van der Waals surface area contributed by atoms with Crippen molar-refractivity contribution in [1.29, 1.82) is 0 Å². The molecule has 0 aromatic rings. The minimum Gasteiger partial charge on any atom is -0.396 e. The van der Waals surface area contributed by atoms with Gasteiger partial charge in [-0.05, 0) is 0 Å². The van der Waals surface area contributed by atoms with Crippen molar-refractivity contribution in [2.45, 2.75) is 34.0 Å². The van der Waals surface area contributed by atoms with E-state index in [2.05, 4.69) is 0 Å². The van der Waals surface area contributed by atoms with Crippen LogP contribution >= 0.6 is 0 Å². The van der Waals surface area contributed by atoms with Gasteiger partial charge < -0.3 is 39.7 Å². The lowest BCUT2D eigenvalue weighted by atomic mass is 9.97. The summed E-state index contributed by atoms with van der Waals surface area (Å²) in [6.45, 7) is 8.31. The van der Waals surface area contributed by atoms with E-state index in [9.17, 15) is 0 Å². The maximum Gasteiger partial charge on any atom is 0.180 e. The van der Waals surface area contributed by atoms with Gasteiger partial charge in [0, 0.05) is 10.8 Å². The molecular weight excluding hydrogens is 320 g/mol. The van der Waals surface area contributed by atoms with Crippen molar-refractivity contribution in [3.8, 4) is 0 Å². The van der Waals surface area contributed by atoms with E-state index < -0.39 is 6.29 Å². The lowest BCUT2D eigenvalue weighted by Gasteiger charge is -2.24. The first-order valence-electron chi connectivity index (χ1n) is 8.03. The molecule has 0 heterocycles. The van der Waals surface area contributed by atoms with Crippen molar-refractivity contribution >= 4 is 0 Å². The van der Waals surface area contributed by atoms with Crippen LogP contribution < -0.4 is 0 Å². The molecule has 0 aliphatic rings. The Morgan fingerprint density at radius 1 is 0.708 bits per heavy atom. The quantitative estimate of drug-likeness (QED) is 0.218. The van der Waals surface area contributed by atoms with E-state index in [0.717, 1.165) is 0 Å². The van der Waals surface area contributed by atoms with Crippen molar-refractivity contribution in [2.24, 2.45) is 10.8 Å². The summed E-state index contributed by atoms with van der Waals surface area (Å²) in [6, 6.07) is 0. The van der Waals surface area contributed by atoms with E-state index in [1.54, 1.807) is 13.8 Å². The van der Waals surface area contributed by atoms with E-state index in [4.69, 9.17) is 39.7 Å². The number of ether oxygens (including phenoxy) is 3. The van der Waals surface area contributed by atoms with E-state index >= 15 is 0 Å². The predicted molar refractivity (Wildman–Crippen MR) is 89.5 cm³/mol. The topological polar surface area (TPSA) is 129 Å². The summed E-state index contributed by atoms with van der Waals surface area (Å²) in [5.74, 6) is 0. The van der Waals surface area contributed by atoms with E-state index in [-0.39, 0.29) is 57.1 Å². The molecule has 8 heteroatoms. The van der Waals surface area contributed by atoms with Gasteiger partial charge in [0.05, 0.1) is 59.5 Å². The Labute approximate surface area is 145 Å². The van der Waals surface area contributed by atoms with Gasteiger partial charge in [0.25, 0.3) is 0 Å². The van der Waals surface area contributed by atoms with E-state index in [1.165, 1.54) is 0 Å². The summed E-state index contributed by atoms with van der Waals surface area (Å²) in [7, 11) is 0. The van der Waals surface area contributed by atoms with Gasteiger partial charge in [0.2, 0.25) is 0 Å². The van der Waals surface area contributed by atoms with Crippen LogP contribution in [0.2, 0.25) is 0 Å². The maximum atomic E-state index is 9.03. The molecule has 0 radical (unpaired) electrons. The third-order valence-corrected chi connectivity index (χ3v) is 2.86. The molecular formula is C16H36O8. The van der Waals surface area contributed by atoms with Crippen LogP contribution in [0, 0.1) is 10.8 Å². The molecule has 0 amide bonds. The van der Waals surface area contributed by atoms with Crippen molar-refractivity contribution in [3.05, 3.63) is 0 Å². The van der Waals surface area contributed by atoms with Crippen LogP contribution in [0.3, 0.4) is 0 Å². The van der Waals surface area contributed by atoms with Gasteiger partial charge in [-0.25, -0.2) is 0 Å². The van der Waals surface area contributed by atoms with Crippen LogP contribution in [0.15, 0.2) is 0 Å². The van der Waals surface area contributed by atoms with Crippen LogP contribution in [-0.4, -0.2) is 91.3 Å². The average Bonchev–Trinajstić information content (AvgIpc) is 2.58. The summed E-state index contributed by atoms with van der Waals surface area (Å²) in [5, 5.41) is 43.4. The van der Waals surface area contributed by atoms with Crippen molar-refractivity contribution in [3.63, 3.8) is 0 Å². The number of hydrogen-bond acceptors (Lipinski definition) is 8. The summed E-state index contributed by atoms with van der Waals surface area (Å²) in [6.07, 6.45) is -0.710. The van der Waals surface area contributed by atoms with Gasteiger partial charge in [-0.15, -0.1) is 0 Å². The summed E-state index contributed by atoms with van der Waals surface area (Å²) < 4.78 is 15.5. The van der Waals surface area contributed by atoms with Crippen LogP contribution in [0.4, 0.5) is 0 Å². The minimum atomic E-state index is -0.710. The number of hydrogen-bond donors (Lipinski definition) is 5. The second-order valence-electron chi connectivity index (χ2n) is 6.93. The molecule has 0 aromatic heterocycles. The Morgan fingerprint density at radius 2 is 1.25 bits per heavy atom. The fraction of sp³-hybridized carbons (Fsp3) is 1.00. The zero-order chi connectivity index (χ0) is 19.1. The lowest BCUT2D eigenvalue weighted by Crippen LogP contribution is -2.31. The molecule has 1 atom stereocenters. The zero-order valence-corrected chi connectivity index (χ0v) is 15.4. The van der Waals surface area contributed by atoms with Gasteiger partial charge in [0.1, 0.15) is 0 Å². The first-order chi connectivity index (χ1) is 11.2. The molecule has 0 saturated heterocycles. The van der Waals surface area contributed by atoms with Crippen molar-refractivity contribution in [1.82, 2.24) is 0 Å². The number of aliphatic hydroxyl groups is 5. The average molecular weight is 356 g/mol. The molecule has 0 fully saturated rings. The standard InChI is InChI=1S/C11H24O6.C5H12O2/c1-11(2,8-14)9-17-10(7-13)16-6-5-15-4-3-12;1-5(2,3-6)4-7/h10,12-14H,3-9H2,1-2H3;6-7H,3-4H2,1-2H3. The summed E-state index contributed by atoms with van der Waals surface area (Å²) in [5.41, 5.74) is -0.663. The first kappa shape index (κ1) is 25.9. The Kier molecular flexibility index (Phi) is 16.2. The fourth-order valence-electron chi connectivity index (χ4n) is 0.973. The molecule has 1 unspecified atom stereocenters.